The molecule has 0 radical (unpaired) electrons. The number of carbonyl (C=O) groups is 1. The average molecular weight is 374 g/mol. The lowest BCUT2D eigenvalue weighted by molar-refractivity contribution is -0.149. The summed E-state index contributed by atoms with van der Waals surface area (Å²) in [5, 5.41) is 9.80. The van der Waals surface area contributed by atoms with Gasteiger partial charge in [-0.25, -0.2) is 0 Å². The van der Waals surface area contributed by atoms with Crippen molar-refractivity contribution < 1.29 is 9.53 Å². The highest BCUT2D eigenvalue weighted by Crippen LogP contribution is 2.47. The first kappa shape index (κ1) is 17.5. The van der Waals surface area contributed by atoms with Gasteiger partial charge in [0.15, 0.2) is 0 Å². The van der Waals surface area contributed by atoms with Crippen LogP contribution in [0.1, 0.15) is 26.3 Å². The maximum absolute atomic E-state index is 12.5. The Kier molecular flexibility index (Phi) is 5.43. The van der Waals surface area contributed by atoms with E-state index in [-0.39, 0.29) is 5.97 Å². The molecule has 0 bridgehead atoms. The van der Waals surface area contributed by atoms with Crippen LogP contribution in [0.2, 0.25) is 0 Å². The Morgan fingerprint density at radius 1 is 1.52 bits per heavy atom. The normalized spacial score (nSPS) is 24.5. The van der Waals surface area contributed by atoms with E-state index in [0.29, 0.717) is 6.61 Å². The molecule has 0 aromatic heterocycles. The van der Waals surface area contributed by atoms with Gasteiger partial charge >= 0.3 is 5.97 Å². The predicted octanol–water partition coefficient (Wildman–Crippen LogP) is 4.54. The molecule has 23 heavy (non-hydrogen) atoms. The summed E-state index contributed by atoms with van der Waals surface area (Å²) in [4.78, 5) is 12.5. The van der Waals surface area contributed by atoms with Crippen LogP contribution in [0.15, 0.2) is 52.5 Å². The highest BCUT2D eigenvalue weighted by Gasteiger charge is 2.48. The first-order valence-electron chi connectivity index (χ1n) is 7.65. The van der Waals surface area contributed by atoms with Crippen LogP contribution < -0.4 is 0 Å². The molecule has 0 fully saturated rings. The molecule has 0 N–H and O–H groups in total. The summed E-state index contributed by atoms with van der Waals surface area (Å²) in [5.74, 6) is -1.17. The number of nitriles is 1. The van der Waals surface area contributed by atoms with Crippen LogP contribution in [0.4, 0.5) is 0 Å². The molecule has 2 rings (SSSR count). The van der Waals surface area contributed by atoms with Gasteiger partial charge in [-0.3, -0.25) is 4.79 Å². The quantitative estimate of drug-likeness (QED) is 0.727. The third kappa shape index (κ3) is 3.11. The number of nitrogens with zero attached hydrogens (tertiary/aromatic N) is 1. The summed E-state index contributed by atoms with van der Waals surface area (Å²) in [7, 11) is 0. The van der Waals surface area contributed by atoms with E-state index in [0.717, 1.165) is 15.6 Å². The van der Waals surface area contributed by atoms with Crippen molar-refractivity contribution in [2.75, 3.05) is 6.61 Å². The third-order valence-corrected chi connectivity index (χ3v) is 4.97. The second-order valence-electron chi connectivity index (χ2n) is 5.75. The fourth-order valence-electron chi connectivity index (χ4n) is 3.26. The SMILES string of the molecule is CCOC(=O)C(C)C1(c2cccc(Br)c2)C=CC=C(C)C1C#N. The lowest BCUT2D eigenvalue weighted by Gasteiger charge is -2.41. The smallest absolute Gasteiger partial charge is 0.309 e. The number of halogens is 1. The number of carbonyl (C=O) groups excluding carboxylic acids is 1. The van der Waals surface area contributed by atoms with Crippen LogP contribution in [-0.2, 0) is 14.9 Å². The van der Waals surface area contributed by atoms with Gasteiger partial charge in [-0.05, 0) is 31.5 Å². The molecule has 0 aliphatic heterocycles. The van der Waals surface area contributed by atoms with E-state index in [2.05, 4.69) is 22.0 Å². The molecule has 0 heterocycles. The minimum absolute atomic E-state index is 0.285. The summed E-state index contributed by atoms with van der Waals surface area (Å²) < 4.78 is 6.17. The Morgan fingerprint density at radius 2 is 2.26 bits per heavy atom. The fraction of sp³-hybridized carbons (Fsp3) is 0.368. The Hall–Kier alpha value is -1.86. The Labute approximate surface area is 145 Å². The van der Waals surface area contributed by atoms with Gasteiger partial charge in [0.25, 0.3) is 0 Å². The topological polar surface area (TPSA) is 50.1 Å². The number of rotatable bonds is 4. The van der Waals surface area contributed by atoms with Gasteiger partial charge in [-0.1, -0.05) is 58.8 Å². The summed E-state index contributed by atoms with van der Waals surface area (Å²) in [6.45, 7) is 5.89. The number of allylic oxidation sites excluding steroid dienone is 4. The van der Waals surface area contributed by atoms with Crippen LogP contribution in [0.25, 0.3) is 0 Å². The van der Waals surface area contributed by atoms with Crippen molar-refractivity contribution >= 4 is 21.9 Å². The van der Waals surface area contributed by atoms with E-state index >= 15 is 0 Å². The monoisotopic (exact) mass is 373 g/mol. The van der Waals surface area contributed by atoms with E-state index < -0.39 is 17.3 Å². The Morgan fingerprint density at radius 3 is 2.87 bits per heavy atom. The van der Waals surface area contributed by atoms with Gasteiger partial charge in [-0.2, -0.15) is 5.26 Å². The van der Waals surface area contributed by atoms with Crippen molar-refractivity contribution in [2.45, 2.75) is 26.2 Å². The fourth-order valence-corrected chi connectivity index (χ4v) is 3.66. The van der Waals surface area contributed by atoms with Crippen LogP contribution in [0.5, 0.6) is 0 Å². The molecule has 1 aliphatic carbocycles. The molecular weight excluding hydrogens is 354 g/mol. The molecule has 3 atom stereocenters. The largest absolute Gasteiger partial charge is 0.466 e. The summed E-state index contributed by atoms with van der Waals surface area (Å²) in [6.07, 6.45) is 5.83. The lowest BCUT2D eigenvalue weighted by Crippen LogP contribution is -2.45. The number of benzene rings is 1. The number of ether oxygens (including phenoxy) is 1. The molecule has 1 aromatic carbocycles. The van der Waals surface area contributed by atoms with Crippen LogP contribution >= 0.6 is 15.9 Å². The van der Waals surface area contributed by atoms with Gasteiger partial charge in [0, 0.05) is 9.89 Å². The molecule has 0 saturated carbocycles. The Balaban J connectivity index is 2.65. The number of hydrogen-bond acceptors (Lipinski definition) is 3. The highest BCUT2D eigenvalue weighted by molar-refractivity contribution is 9.10. The van der Waals surface area contributed by atoms with Gasteiger partial charge < -0.3 is 4.74 Å². The molecular formula is C19H20BrNO2. The van der Waals surface area contributed by atoms with E-state index in [1.165, 1.54) is 0 Å². The summed E-state index contributed by atoms with van der Waals surface area (Å²) in [5.41, 5.74) is 1.15. The van der Waals surface area contributed by atoms with Gasteiger partial charge in [0.1, 0.15) is 0 Å². The van der Waals surface area contributed by atoms with Crippen molar-refractivity contribution in [3.63, 3.8) is 0 Å². The molecule has 1 aromatic rings. The van der Waals surface area contributed by atoms with Gasteiger partial charge in [-0.15, -0.1) is 0 Å². The lowest BCUT2D eigenvalue weighted by atomic mass is 9.59. The molecule has 0 saturated heterocycles. The third-order valence-electron chi connectivity index (χ3n) is 4.47. The molecule has 0 amide bonds. The summed E-state index contributed by atoms with van der Waals surface area (Å²) >= 11 is 3.49. The van der Waals surface area contributed by atoms with Gasteiger partial charge in [0.05, 0.1) is 24.5 Å². The van der Waals surface area contributed by atoms with E-state index in [1.807, 2.05) is 56.3 Å². The van der Waals surface area contributed by atoms with Crippen molar-refractivity contribution in [1.82, 2.24) is 0 Å². The standard InChI is InChI=1S/C19H20BrNO2/c1-4-23-18(22)14(3)19(15-8-5-9-16(20)11-15)10-6-7-13(2)17(19)12-21/h5-11,14,17H,4H2,1-3H3. The minimum atomic E-state index is -0.733. The Bertz CT molecular complexity index is 702. The van der Waals surface area contributed by atoms with E-state index in [4.69, 9.17) is 4.74 Å². The van der Waals surface area contributed by atoms with E-state index in [1.54, 1.807) is 6.92 Å². The first-order valence-corrected chi connectivity index (χ1v) is 8.45. The molecule has 3 unspecified atom stereocenters. The van der Waals surface area contributed by atoms with Crippen molar-refractivity contribution in [3.8, 4) is 6.07 Å². The average Bonchev–Trinajstić information content (AvgIpc) is 2.54. The maximum atomic E-state index is 12.5. The first-order chi connectivity index (χ1) is 11.0. The van der Waals surface area contributed by atoms with Crippen molar-refractivity contribution in [1.29, 1.82) is 5.26 Å². The molecule has 1 aliphatic rings. The van der Waals surface area contributed by atoms with Crippen LogP contribution in [0, 0.1) is 23.2 Å². The second kappa shape index (κ2) is 7.14. The maximum Gasteiger partial charge on any atom is 0.309 e. The zero-order valence-corrected chi connectivity index (χ0v) is 15.1. The highest BCUT2D eigenvalue weighted by atomic mass is 79.9. The summed E-state index contributed by atoms with van der Waals surface area (Å²) in [6, 6.07) is 10.2. The molecule has 4 heteroatoms. The van der Waals surface area contributed by atoms with Crippen molar-refractivity contribution in [2.24, 2.45) is 11.8 Å². The molecule has 3 nitrogen and oxygen atoms in total. The zero-order chi connectivity index (χ0) is 17.0. The minimum Gasteiger partial charge on any atom is -0.466 e. The van der Waals surface area contributed by atoms with Gasteiger partial charge in [0.2, 0.25) is 0 Å². The van der Waals surface area contributed by atoms with Crippen LogP contribution in [0.3, 0.4) is 0 Å². The number of esters is 1. The van der Waals surface area contributed by atoms with Crippen LogP contribution in [-0.4, -0.2) is 12.6 Å². The van der Waals surface area contributed by atoms with E-state index in [9.17, 15) is 10.1 Å². The zero-order valence-electron chi connectivity index (χ0n) is 13.5. The number of hydrogen-bond donors (Lipinski definition) is 0. The second-order valence-corrected chi connectivity index (χ2v) is 6.66. The predicted molar refractivity (Wildman–Crippen MR) is 93.6 cm³/mol. The molecule has 120 valence electrons. The van der Waals surface area contributed by atoms with Crippen molar-refractivity contribution in [3.05, 3.63) is 58.1 Å². The molecule has 0 spiro atoms.